The Balaban J connectivity index is 1.56. The van der Waals surface area contributed by atoms with Gasteiger partial charge in [-0.3, -0.25) is 14.6 Å². The third-order valence-electron chi connectivity index (χ3n) is 6.83. The van der Waals surface area contributed by atoms with Crippen molar-refractivity contribution in [1.29, 1.82) is 0 Å². The summed E-state index contributed by atoms with van der Waals surface area (Å²) in [4.78, 5) is 30.3. The molecule has 2 atom stereocenters. The molecular formula is C28H30F3N3O3. The van der Waals surface area contributed by atoms with Crippen LogP contribution in [0.2, 0.25) is 0 Å². The molecule has 4 rings (SSSR count). The maximum atomic E-state index is 13.4. The van der Waals surface area contributed by atoms with E-state index in [4.69, 9.17) is 4.74 Å². The van der Waals surface area contributed by atoms with Gasteiger partial charge in [0.1, 0.15) is 5.69 Å². The van der Waals surface area contributed by atoms with Crippen molar-refractivity contribution < 1.29 is 27.5 Å². The maximum Gasteiger partial charge on any atom is 0.433 e. The summed E-state index contributed by atoms with van der Waals surface area (Å²) in [6, 6.07) is 13.2. The minimum absolute atomic E-state index is 0.0446. The van der Waals surface area contributed by atoms with Gasteiger partial charge in [-0.15, -0.1) is 0 Å². The number of pyridine rings is 1. The quantitative estimate of drug-likeness (QED) is 0.352. The SMILES string of the molecule is CC[C@H](CC(=O)c1cc(C(=O)N[C@H](CC)c2ccc(C(F)(F)F)nc2)c2n1CCOC2)c1ccccc1. The lowest BCUT2D eigenvalue weighted by Gasteiger charge is -2.21. The number of rotatable bonds is 9. The van der Waals surface area contributed by atoms with E-state index in [1.54, 1.807) is 6.07 Å². The number of carbonyl (C=O) groups excluding carboxylic acids is 2. The van der Waals surface area contributed by atoms with Crippen molar-refractivity contribution in [3.05, 3.63) is 88.5 Å². The van der Waals surface area contributed by atoms with Gasteiger partial charge in [0, 0.05) is 19.2 Å². The van der Waals surface area contributed by atoms with Crippen LogP contribution in [-0.2, 0) is 24.1 Å². The number of Topliss-reactive ketones (excluding diaryl/α,β-unsaturated/α-hetero) is 1. The van der Waals surface area contributed by atoms with Gasteiger partial charge in [-0.2, -0.15) is 13.2 Å². The second-order valence-electron chi connectivity index (χ2n) is 9.15. The molecule has 1 aromatic carbocycles. The molecular weight excluding hydrogens is 483 g/mol. The molecule has 0 aliphatic carbocycles. The van der Waals surface area contributed by atoms with Crippen LogP contribution in [0, 0.1) is 0 Å². The molecule has 0 radical (unpaired) electrons. The van der Waals surface area contributed by atoms with Crippen LogP contribution in [0.5, 0.6) is 0 Å². The van der Waals surface area contributed by atoms with Crippen LogP contribution < -0.4 is 5.32 Å². The minimum Gasteiger partial charge on any atom is -0.373 e. The number of halogens is 3. The van der Waals surface area contributed by atoms with E-state index in [0.29, 0.717) is 48.5 Å². The fourth-order valence-electron chi connectivity index (χ4n) is 4.74. The first kappa shape index (κ1) is 26.6. The molecule has 2 aromatic heterocycles. The van der Waals surface area contributed by atoms with Crippen molar-refractivity contribution in [3.8, 4) is 0 Å². The summed E-state index contributed by atoms with van der Waals surface area (Å²) in [5, 5.41) is 2.90. The second-order valence-corrected chi connectivity index (χ2v) is 9.15. The Bertz CT molecular complexity index is 1240. The van der Waals surface area contributed by atoms with Crippen LogP contribution in [0.15, 0.2) is 54.7 Å². The van der Waals surface area contributed by atoms with Gasteiger partial charge in [-0.05, 0) is 42.0 Å². The Hall–Kier alpha value is -3.46. The molecule has 1 aliphatic heterocycles. The van der Waals surface area contributed by atoms with Gasteiger partial charge in [0.05, 0.1) is 36.2 Å². The first-order chi connectivity index (χ1) is 17.7. The second kappa shape index (κ2) is 11.3. The predicted octanol–water partition coefficient (Wildman–Crippen LogP) is 6.08. The van der Waals surface area contributed by atoms with E-state index < -0.39 is 23.8 Å². The average molecular weight is 514 g/mol. The Morgan fingerprint density at radius 1 is 1.08 bits per heavy atom. The predicted molar refractivity (Wildman–Crippen MR) is 132 cm³/mol. The summed E-state index contributed by atoms with van der Waals surface area (Å²) in [5.74, 6) is -0.388. The number of hydrogen-bond acceptors (Lipinski definition) is 4. The maximum absolute atomic E-state index is 13.4. The van der Waals surface area contributed by atoms with E-state index >= 15 is 0 Å². The molecule has 0 fully saturated rings. The number of carbonyl (C=O) groups is 2. The summed E-state index contributed by atoms with van der Waals surface area (Å²) in [5.41, 5.74) is 2.02. The standard InChI is InChI=1S/C28H30F3N3O3/c1-3-18(19-8-6-5-7-9-19)14-25(35)23-15-21(24-17-37-13-12-34(23)24)27(36)33-22(4-2)20-10-11-26(32-16-20)28(29,30)31/h5-11,15-16,18,22H,3-4,12-14,17H2,1-2H3,(H,33,36)/t18-,22-/m1/s1. The van der Waals surface area contributed by atoms with Gasteiger partial charge in [-0.1, -0.05) is 50.2 Å². The lowest BCUT2D eigenvalue weighted by molar-refractivity contribution is -0.141. The number of ether oxygens (including phenoxy) is 1. The first-order valence-corrected chi connectivity index (χ1v) is 12.4. The van der Waals surface area contributed by atoms with E-state index in [2.05, 4.69) is 10.3 Å². The van der Waals surface area contributed by atoms with Crippen molar-refractivity contribution >= 4 is 11.7 Å². The Morgan fingerprint density at radius 2 is 1.84 bits per heavy atom. The summed E-state index contributed by atoms with van der Waals surface area (Å²) < 4.78 is 46.1. The lowest BCUT2D eigenvalue weighted by atomic mass is 9.90. The summed E-state index contributed by atoms with van der Waals surface area (Å²) >= 11 is 0. The van der Waals surface area contributed by atoms with E-state index in [-0.39, 0.29) is 18.3 Å². The molecule has 0 saturated heterocycles. The van der Waals surface area contributed by atoms with Crippen LogP contribution in [0.25, 0.3) is 0 Å². The smallest absolute Gasteiger partial charge is 0.373 e. The van der Waals surface area contributed by atoms with Crippen molar-refractivity contribution in [2.24, 2.45) is 0 Å². The van der Waals surface area contributed by atoms with Crippen LogP contribution in [0.4, 0.5) is 13.2 Å². The first-order valence-electron chi connectivity index (χ1n) is 12.4. The number of aromatic nitrogens is 2. The lowest BCUT2D eigenvalue weighted by Crippen LogP contribution is -2.30. The monoisotopic (exact) mass is 513 g/mol. The van der Waals surface area contributed by atoms with Crippen LogP contribution in [-0.4, -0.2) is 27.8 Å². The Kier molecular flexibility index (Phi) is 8.12. The number of fused-ring (bicyclic) bond motifs is 1. The highest BCUT2D eigenvalue weighted by Crippen LogP contribution is 2.30. The van der Waals surface area contributed by atoms with E-state index in [1.165, 1.54) is 6.07 Å². The molecule has 6 nitrogen and oxygen atoms in total. The van der Waals surface area contributed by atoms with Crippen LogP contribution in [0.3, 0.4) is 0 Å². The number of nitrogens with one attached hydrogen (secondary N) is 1. The molecule has 9 heteroatoms. The number of alkyl halides is 3. The van der Waals surface area contributed by atoms with Gasteiger partial charge in [0.25, 0.3) is 5.91 Å². The normalized spacial score (nSPS) is 15.1. The van der Waals surface area contributed by atoms with Gasteiger partial charge in [-0.25, -0.2) is 0 Å². The number of amides is 1. The third kappa shape index (κ3) is 5.93. The molecule has 1 aliphatic rings. The van der Waals surface area contributed by atoms with Crippen molar-refractivity contribution in [1.82, 2.24) is 14.9 Å². The van der Waals surface area contributed by atoms with Crippen molar-refractivity contribution in [3.63, 3.8) is 0 Å². The van der Waals surface area contributed by atoms with Crippen molar-refractivity contribution in [2.45, 2.75) is 64.4 Å². The number of benzene rings is 1. The molecule has 3 aromatic rings. The third-order valence-corrected chi connectivity index (χ3v) is 6.83. The zero-order chi connectivity index (χ0) is 26.6. The minimum atomic E-state index is -4.53. The summed E-state index contributed by atoms with van der Waals surface area (Å²) in [6.07, 6.45) is -1.82. The Labute approximate surface area is 213 Å². The van der Waals surface area contributed by atoms with Crippen molar-refractivity contribution in [2.75, 3.05) is 6.61 Å². The number of ketones is 1. The highest BCUT2D eigenvalue weighted by molar-refractivity contribution is 6.01. The topological polar surface area (TPSA) is 73.2 Å². The molecule has 196 valence electrons. The molecule has 1 N–H and O–H groups in total. The Morgan fingerprint density at radius 3 is 2.46 bits per heavy atom. The van der Waals surface area contributed by atoms with Gasteiger partial charge < -0.3 is 14.6 Å². The molecule has 0 unspecified atom stereocenters. The van der Waals surface area contributed by atoms with Gasteiger partial charge in [0.2, 0.25) is 0 Å². The highest BCUT2D eigenvalue weighted by Gasteiger charge is 2.33. The highest BCUT2D eigenvalue weighted by atomic mass is 19.4. The fraction of sp³-hybridized carbons (Fsp3) is 0.393. The van der Waals surface area contributed by atoms with Gasteiger partial charge >= 0.3 is 6.18 Å². The molecule has 37 heavy (non-hydrogen) atoms. The zero-order valence-electron chi connectivity index (χ0n) is 20.8. The largest absolute Gasteiger partial charge is 0.433 e. The summed E-state index contributed by atoms with van der Waals surface area (Å²) in [6.45, 7) is 4.97. The average Bonchev–Trinajstić information content (AvgIpc) is 3.30. The van der Waals surface area contributed by atoms with E-state index in [1.807, 2.05) is 48.7 Å². The summed E-state index contributed by atoms with van der Waals surface area (Å²) in [7, 11) is 0. The molecule has 1 amide bonds. The molecule has 0 saturated carbocycles. The zero-order valence-corrected chi connectivity index (χ0v) is 20.8. The van der Waals surface area contributed by atoms with Gasteiger partial charge in [0.15, 0.2) is 5.78 Å². The number of hydrogen-bond donors (Lipinski definition) is 1. The van der Waals surface area contributed by atoms with E-state index in [9.17, 15) is 22.8 Å². The van der Waals surface area contributed by atoms with Crippen LogP contribution in [0.1, 0.15) is 88.4 Å². The molecule has 0 bridgehead atoms. The van der Waals surface area contributed by atoms with Crippen LogP contribution >= 0.6 is 0 Å². The molecule has 3 heterocycles. The fourth-order valence-corrected chi connectivity index (χ4v) is 4.74. The van der Waals surface area contributed by atoms with E-state index in [0.717, 1.165) is 24.2 Å². The number of nitrogens with zero attached hydrogens (tertiary/aromatic N) is 2. The molecule has 0 spiro atoms.